The van der Waals surface area contributed by atoms with Gasteiger partial charge in [0.05, 0.1) is 13.2 Å². The molecule has 0 bridgehead atoms. The molecule has 3 unspecified atom stereocenters. The highest BCUT2D eigenvalue weighted by atomic mass is 16.6. The minimum absolute atomic E-state index is 0.127. The highest BCUT2D eigenvalue weighted by Gasteiger charge is 2.55. The van der Waals surface area contributed by atoms with Gasteiger partial charge in [-0.25, -0.2) is 0 Å². The molecule has 2 aliphatic heterocycles. The van der Waals surface area contributed by atoms with E-state index in [1.54, 1.807) is 0 Å². The van der Waals surface area contributed by atoms with Crippen molar-refractivity contribution in [3.8, 4) is 0 Å². The SMILES string of the molecule is CC1CO[C@]2(N)C(O)COC12. The minimum atomic E-state index is -0.931. The van der Waals surface area contributed by atoms with Gasteiger partial charge in [0.15, 0.2) is 5.72 Å². The minimum Gasteiger partial charge on any atom is -0.386 e. The first-order valence-electron chi connectivity index (χ1n) is 3.87. The molecule has 4 nitrogen and oxygen atoms in total. The molecule has 64 valence electrons. The second-order valence-corrected chi connectivity index (χ2v) is 3.41. The van der Waals surface area contributed by atoms with Gasteiger partial charge in [-0.15, -0.1) is 0 Å². The molecular weight excluding hydrogens is 146 g/mol. The quantitative estimate of drug-likeness (QED) is 0.479. The van der Waals surface area contributed by atoms with Crippen LogP contribution in [0.5, 0.6) is 0 Å². The fourth-order valence-electron chi connectivity index (χ4n) is 1.80. The van der Waals surface area contributed by atoms with Gasteiger partial charge in [0.2, 0.25) is 0 Å². The lowest BCUT2D eigenvalue weighted by molar-refractivity contribution is -0.0715. The summed E-state index contributed by atoms with van der Waals surface area (Å²) in [5.41, 5.74) is 4.87. The molecule has 11 heavy (non-hydrogen) atoms. The largest absolute Gasteiger partial charge is 0.386 e. The van der Waals surface area contributed by atoms with Crippen LogP contribution in [0.1, 0.15) is 6.92 Å². The van der Waals surface area contributed by atoms with Gasteiger partial charge >= 0.3 is 0 Å². The zero-order valence-electron chi connectivity index (χ0n) is 6.49. The van der Waals surface area contributed by atoms with Crippen molar-refractivity contribution in [1.29, 1.82) is 0 Å². The Labute approximate surface area is 65.3 Å². The first kappa shape index (κ1) is 7.49. The van der Waals surface area contributed by atoms with Gasteiger partial charge < -0.3 is 14.6 Å². The third-order valence-corrected chi connectivity index (χ3v) is 2.51. The van der Waals surface area contributed by atoms with Gasteiger partial charge in [-0.1, -0.05) is 6.92 Å². The molecule has 2 heterocycles. The Morgan fingerprint density at radius 2 is 2.27 bits per heavy atom. The second-order valence-electron chi connectivity index (χ2n) is 3.41. The number of aliphatic hydroxyl groups excluding tert-OH is 1. The molecule has 0 spiro atoms. The smallest absolute Gasteiger partial charge is 0.171 e. The number of aliphatic hydroxyl groups is 1. The molecule has 0 aromatic rings. The van der Waals surface area contributed by atoms with E-state index >= 15 is 0 Å². The summed E-state index contributed by atoms with van der Waals surface area (Å²) in [6.45, 7) is 2.89. The molecular formula is C7H13NO3. The molecule has 0 saturated carbocycles. The van der Waals surface area contributed by atoms with E-state index in [1.807, 2.05) is 6.92 Å². The van der Waals surface area contributed by atoms with Crippen LogP contribution < -0.4 is 5.73 Å². The summed E-state index contributed by atoms with van der Waals surface area (Å²) in [6.07, 6.45) is -0.796. The Balaban J connectivity index is 2.23. The summed E-state index contributed by atoms with van der Waals surface area (Å²) in [7, 11) is 0. The van der Waals surface area contributed by atoms with Crippen LogP contribution in [0, 0.1) is 5.92 Å². The van der Waals surface area contributed by atoms with Crippen molar-refractivity contribution in [3.63, 3.8) is 0 Å². The molecule has 4 atom stereocenters. The zero-order valence-corrected chi connectivity index (χ0v) is 6.49. The molecule has 2 saturated heterocycles. The lowest BCUT2D eigenvalue weighted by atomic mass is 9.98. The van der Waals surface area contributed by atoms with Crippen molar-refractivity contribution in [1.82, 2.24) is 0 Å². The predicted octanol–water partition coefficient (Wildman–Crippen LogP) is -0.933. The topological polar surface area (TPSA) is 64.7 Å². The number of ether oxygens (including phenoxy) is 2. The Morgan fingerprint density at radius 3 is 2.91 bits per heavy atom. The van der Waals surface area contributed by atoms with Gasteiger partial charge in [-0.05, 0) is 0 Å². The van der Waals surface area contributed by atoms with E-state index in [1.165, 1.54) is 0 Å². The summed E-state index contributed by atoms with van der Waals surface area (Å²) in [5.74, 6) is 0.289. The highest BCUT2D eigenvalue weighted by Crippen LogP contribution is 2.36. The van der Waals surface area contributed by atoms with Crippen LogP contribution in [0.15, 0.2) is 0 Å². The standard InChI is InChI=1S/C7H13NO3/c1-4-2-11-7(8)5(9)3-10-6(4)7/h4-6,9H,2-3,8H2,1H3/t4?,5?,6?,7-/m1/s1. The number of hydrogen-bond donors (Lipinski definition) is 2. The summed E-state index contributed by atoms with van der Waals surface area (Å²) < 4.78 is 10.6. The highest BCUT2D eigenvalue weighted by molar-refractivity contribution is 5.02. The van der Waals surface area contributed by atoms with E-state index in [0.717, 1.165) is 0 Å². The van der Waals surface area contributed by atoms with E-state index in [4.69, 9.17) is 15.2 Å². The van der Waals surface area contributed by atoms with Crippen LogP contribution in [0.25, 0.3) is 0 Å². The molecule has 3 N–H and O–H groups in total. The average Bonchev–Trinajstić information content (AvgIpc) is 2.39. The lowest BCUT2D eigenvalue weighted by Gasteiger charge is -2.24. The van der Waals surface area contributed by atoms with Gasteiger partial charge in [0.25, 0.3) is 0 Å². The molecule has 4 heteroatoms. The van der Waals surface area contributed by atoms with Crippen molar-refractivity contribution in [2.45, 2.75) is 24.9 Å². The monoisotopic (exact) mass is 159 g/mol. The number of fused-ring (bicyclic) bond motifs is 1. The molecule has 0 aromatic carbocycles. The normalized spacial score (nSPS) is 56.5. The van der Waals surface area contributed by atoms with Crippen LogP contribution in [-0.4, -0.2) is 36.3 Å². The first-order chi connectivity index (χ1) is 5.14. The Hall–Kier alpha value is -0.160. The number of rotatable bonds is 0. The Kier molecular flexibility index (Phi) is 1.47. The third-order valence-electron chi connectivity index (χ3n) is 2.51. The molecule has 0 aliphatic carbocycles. The van der Waals surface area contributed by atoms with Crippen LogP contribution in [-0.2, 0) is 9.47 Å². The summed E-state index contributed by atoms with van der Waals surface area (Å²) in [4.78, 5) is 0. The van der Waals surface area contributed by atoms with Crippen LogP contribution >= 0.6 is 0 Å². The summed E-state index contributed by atoms with van der Waals surface area (Å²) in [5, 5.41) is 9.40. The molecule has 0 aromatic heterocycles. The van der Waals surface area contributed by atoms with E-state index in [-0.39, 0.29) is 12.0 Å². The molecule has 2 aliphatic rings. The van der Waals surface area contributed by atoms with Gasteiger partial charge in [0.1, 0.15) is 12.2 Å². The number of nitrogens with two attached hydrogens (primary N) is 1. The molecule has 0 radical (unpaired) electrons. The zero-order chi connectivity index (χ0) is 8.06. The van der Waals surface area contributed by atoms with E-state index in [2.05, 4.69) is 0 Å². The van der Waals surface area contributed by atoms with Gasteiger partial charge in [0, 0.05) is 5.92 Å². The summed E-state index contributed by atoms with van der Waals surface area (Å²) >= 11 is 0. The van der Waals surface area contributed by atoms with Crippen molar-refractivity contribution in [3.05, 3.63) is 0 Å². The third kappa shape index (κ3) is 0.840. The van der Waals surface area contributed by atoms with Crippen molar-refractivity contribution < 1.29 is 14.6 Å². The Bertz CT molecular complexity index is 175. The summed E-state index contributed by atoms with van der Waals surface area (Å²) in [6, 6.07) is 0. The van der Waals surface area contributed by atoms with Crippen molar-refractivity contribution in [2.24, 2.45) is 11.7 Å². The fraction of sp³-hybridized carbons (Fsp3) is 1.00. The Morgan fingerprint density at radius 1 is 1.55 bits per heavy atom. The van der Waals surface area contributed by atoms with E-state index in [0.29, 0.717) is 13.2 Å². The molecule has 2 rings (SSSR count). The van der Waals surface area contributed by atoms with Crippen LogP contribution in [0.2, 0.25) is 0 Å². The predicted molar refractivity (Wildman–Crippen MR) is 37.8 cm³/mol. The van der Waals surface area contributed by atoms with Crippen molar-refractivity contribution >= 4 is 0 Å². The van der Waals surface area contributed by atoms with E-state index in [9.17, 15) is 5.11 Å². The average molecular weight is 159 g/mol. The molecule has 0 amide bonds. The fourth-order valence-corrected chi connectivity index (χ4v) is 1.80. The van der Waals surface area contributed by atoms with Crippen LogP contribution in [0.3, 0.4) is 0 Å². The number of hydrogen-bond acceptors (Lipinski definition) is 4. The molecule has 2 fully saturated rings. The van der Waals surface area contributed by atoms with Gasteiger partial charge in [-0.2, -0.15) is 0 Å². The van der Waals surface area contributed by atoms with Crippen LogP contribution in [0.4, 0.5) is 0 Å². The maximum absolute atomic E-state index is 9.40. The van der Waals surface area contributed by atoms with E-state index < -0.39 is 11.8 Å². The maximum Gasteiger partial charge on any atom is 0.171 e. The van der Waals surface area contributed by atoms with Crippen molar-refractivity contribution in [2.75, 3.05) is 13.2 Å². The van der Waals surface area contributed by atoms with Gasteiger partial charge in [-0.3, -0.25) is 5.73 Å². The lowest BCUT2D eigenvalue weighted by Crippen LogP contribution is -2.54. The first-order valence-corrected chi connectivity index (χ1v) is 3.87. The maximum atomic E-state index is 9.40. The second kappa shape index (κ2) is 2.17.